The van der Waals surface area contributed by atoms with E-state index < -0.39 is 0 Å². The lowest BCUT2D eigenvalue weighted by Gasteiger charge is -2.28. The Kier molecular flexibility index (Phi) is 21.6. The SMILES string of the molecule is CCCCCCc1cc(-c2cc(N(c3ccc(-c4ccc(Br)cc4)cc3)c3ccc(-c4ccc(CCC)cc4)cc3)ccc2C)c(CCCCCC)cc1-c1cc(N(c2ccc(-c3ccc(Br)cc3)cc2)c2ccc(-c3ccc(CCC)cc3)cc2)ccc1C. The highest BCUT2D eigenvalue weighted by atomic mass is 79.9. The molecule has 11 aromatic carbocycles. The minimum Gasteiger partial charge on any atom is -0.310 e. The fourth-order valence-corrected chi connectivity index (χ4v) is 13.4. The van der Waals surface area contributed by atoms with Crippen LogP contribution < -0.4 is 9.80 Å². The number of benzene rings is 11. The van der Waals surface area contributed by atoms with E-state index in [4.69, 9.17) is 0 Å². The van der Waals surface area contributed by atoms with Crippen LogP contribution in [0.3, 0.4) is 0 Å². The van der Waals surface area contributed by atoms with Crippen molar-refractivity contribution in [2.45, 2.75) is 131 Å². The standard InChI is InChI=1S/C86H86Br2N2/c1-7-11-13-15-19-73-57-86(84-60-82(48-22-62(84)6)90(80-55-41-72(42-56-80)68-33-45-76(88)46-34-68)78-51-37-70(38-52-78)66-29-25-64(18-10-4)26-30-66)74(20-16-14-12-8-2)58-85(73)83-59-81(47-21-61(83)5)89(79-53-39-71(40-54-79)67-31-43-75(87)44-32-67)77-49-35-69(36-50-77)65-27-23-63(17-9-3)24-28-65/h21-60H,7-20H2,1-6H3. The Bertz CT molecular complexity index is 3820. The monoisotopic (exact) mass is 1300 g/mol. The highest BCUT2D eigenvalue weighted by molar-refractivity contribution is 9.10. The molecule has 0 atom stereocenters. The average molecular weight is 1310 g/mol. The van der Waals surface area contributed by atoms with Crippen molar-refractivity contribution in [3.63, 3.8) is 0 Å². The quantitative estimate of drug-likeness (QED) is 0.0499. The smallest absolute Gasteiger partial charge is 0.0467 e. The van der Waals surface area contributed by atoms with Gasteiger partial charge in [-0.25, -0.2) is 0 Å². The molecule has 0 saturated carbocycles. The molecule has 11 rings (SSSR count). The third-order valence-corrected chi connectivity index (χ3v) is 19.0. The summed E-state index contributed by atoms with van der Waals surface area (Å²) in [6.07, 6.45) is 16.1. The van der Waals surface area contributed by atoms with Gasteiger partial charge in [-0.05, 0) is 250 Å². The molecule has 0 aliphatic carbocycles. The molecule has 4 heteroatoms. The molecular weight excluding hydrogens is 1220 g/mol. The largest absolute Gasteiger partial charge is 0.310 e. The van der Waals surface area contributed by atoms with Gasteiger partial charge in [-0.15, -0.1) is 0 Å². The maximum atomic E-state index is 3.65. The van der Waals surface area contributed by atoms with Gasteiger partial charge in [0.2, 0.25) is 0 Å². The van der Waals surface area contributed by atoms with Crippen molar-refractivity contribution in [3.8, 4) is 66.8 Å². The predicted molar refractivity (Wildman–Crippen MR) is 397 cm³/mol. The summed E-state index contributed by atoms with van der Waals surface area (Å²) >= 11 is 7.30. The fourth-order valence-electron chi connectivity index (χ4n) is 12.9. The van der Waals surface area contributed by atoms with Gasteiger partial charge in [-0.1, -0.05) is 257 Å². The Morgan fingerprint density at radius 3 is 0.789 bits per heavy atom. The Morgan fingerprint density at radius 2 is 0.511 bits per heavy atom. The van der Waals surface area contributed by atoms with Crippen LogP contribution in [-0.2, 0) is 25.7 Å². The molecular formula is C86H86Br2N2. The molecule has 0 radical (unpaired) electrons. The van der Waals surface area contributed by atoms with Crippen LogP contribution in [0.4, 0.5) is 34.1 Å². The van der Waals surface area contributed by atoms with Gasteiger partial charge in [0.05, 0.1) is 0 Å². The molecule has 0 heterocycles. The first-order chi connectivity index (χ1) is 44.1. The van der Waals surface area contributed by atoms with Gasteiger partial charge in [0.15, 0.2) is 0 Å². The summed E-state index contributed by atoms with van der Waals surface area (Å²) in [4.78, 5) is 4.91. The van der Waals surface area contributed by atoms with Crippen LogP contribution in [-0.4, -0.2) is 0 Å². The van der Waals surface area contributed by atoms with Crippen LogP contribution in [0.15, 0.2) is 252 Å². The van der Waals surface area contributed by atoms with E-state index >= 15 is 0 Å². The summed E-state index contributed by atoms with van der Waals surface area (Å²) in [7, 11) is 0. The van der Waals surface area contributed by atoms with E-state index in [1.807, 2.05) is 0 Å². The van der Waals surface area contributed by atoms with E-state index in [-0.39, 0.29) is 0 Å². The first-order valence-electron chi connectivity index (χ1n) is 33.2. The Hall–Kier alpha value is -8.02. The zero-order valence-corrected chi connectivity index (χ0v) is 56.8. The molecule has 0 bridgehead atoms. The predicted octanol–water partition coefficient (Wildman–Crippen LogP) is 26.9. The lowest BCUT2D eigenvalue weighted by molar-refractivity contribution is 0.664. The molecule has 0 unspecified atom stereocenters. The second kappa shape index (κ2) is 30.7. The van der Waals surface area contributed by atoms with Crippen molar-refractivity contribution < 1.29 is 0 Å². The summed E-state index contributed by atoms with van der Waals surface area (Å²) in [5.41, 5.74) is 29.9. The van der Waals surface area contributed by atoms with Gasteiger partial charge < -0.3 is 9.80 Å². The Labute approximate surface area is 555 Å². The van der Waals surface area contributed by atoms with Gasteiger partial charge >= 0.3 is 0 Å². The molecule has 11 aromatic rings. The molecule has 0 amide bonds. The van der Waals surface area contributed by atoms with Crippen LogP contribution in [0.5, 0.6) is 0 Å². The molecule has 90 heavy (non-hydrogen) atoms. The average Bonchev–Trinajstić information content (AvgIpc) is 0.908. The number of halogens is 2. The summed E-state index contributed by atoms with van der Waals surface area (Å²) in [5, 5.41) is 0. The zero-order valence-electron chi connectivity index (χ0n) is 53.6. The zero-order chi connectivity index (χ0) is 62.3. The minimum absolute atomic E-state index is 1.01. The van der Waals surface area contributed by atoms with Crippen molar-refractivity contribution in [2.24, 2.45) is 0 Å². The highest BCUT2D eigenvalue weighted by Gasteiger charge is 2.22. The molecule has 0 spiro atoms. The summed E-state index contributed by atoms with van der Waals surface area (Å²) < 4.78 is 2.16. The summed E-state index contributed by atoms with van der Waals surface area (Å²) in [5.74, 6) is 0. The van der Waals surface area contributed by atoms with Gasteiger partial charge in [0, 0.05) is 43.1 Å². The molecule has 0 saturated heterocycles. The van der Waals surface area contributed by atoms with E-state index in [0.717, 1.165) is 94.4 Å². The third kappa shape index (κ3) is 15.4. The number of anilines is 6. The first-order valence-corrected chi connectivity index (χ1v) is 34.7. The minimum atomic E-state index is 1.01. The molecule has 2 nitrogen and oxygen atoms in total. The van der Waals surface area contributed by atoms with Gasteiger partial charge in [0.1, 0.15) is 0 Å². The van der Waals surface area contributed by atoms with Crippen LogP contribution in [0.25, 0.3) is 66.8 Å². The second-order valence-electron chi connectivity index (χ2n) is 24.6. The normalized spacial score (nSPS) is 11.3. The lowest BCUT2D eigenvalue weighted by Crippen LogP contribution is -2.11. The van der Waals surface area contributed by atoms with Crippen molar-refractivity contribution >= 4 is 66.0 Å². The van der Waals surface area contributed by atoms with E-state index in [0.29, 0.717) is 0 Å². The fraction of sp³-hybridized carbons (Fsp3) is 0.233. The number of nitrogens with zero attached hydrogens (tertiary/aromatic N) is 2. The number of unbranched alkanes of at least 4 members (excludes halogenated alkanes) is 6. The van der Waals surface area contributed by atoms with Gasteiger partial charge in [-0.3, -0.25) is 0 Å². The number of hydrogen-bond acceptors (Lipinski definition) is 2. The summed E-state index contributed by atoms with van der Waals surface area (Å²) in [6, 6.07) is 91.7. The van der Waals surface area contributed by atoms with E-state index in [1.54, 1.807) is 0 Å². The number of hydrogen-bond donors (Lipinski definition) is 0. The Balaban J connectivity index is 1.03. The van der Waals surface area contributed by atoms with Crippen LogP contribution in [0.1, 0.15) is 125 Å². The van der Waals surface area contributed by atoms with Gasteiger partial charge in [-0.2, -0.15) is 0 Å². The van der Waals surface area contributed by atoms with Crippen molar-refractivity contribution in [1.82, 2.24) is 0 Å². The third-order valence-electron chi connectivity index (χ3n) is 18.0. The first kappa shape index (κ1) is 63.5. The molecule has 0 aromatic heterocycles. The van der Waals surface area contributed by atoms with E-state index in [1.165, 1.54) is 139 Å². The van der Waals surface area contributed by atoms with Crippen molar-refractivity contribution in [3.05, 3.63) is 285 Å². The molecule has 0 aliphatic heterocycles. The molecule has 454 valence electrons. The molecule has 0 fully saturated rings. The maximum Gasteiger partial charge on any atom is 0.0467 e. The highest BCUT2D eigenvalue weighted by Crippen LogP contribution is 2.45. The molecule has 0 aliphatic rings. The van der Waals surface area contributed by atoms with Crippen LogP contribution in [0.2, 0.25) is 0 Å². The van der Waals surface area contributed by atoms with Crippen LogP contribution in [0, 0.1) is 13.8 Å². The number of rotatable bonds is 26. The Morgan fingerprint density at radius 1 is 0.244 bits per heavy atom. The van der Waals surface area contributed by atoms with Crippen molar-refractivity contribution in [1.29, 1.82) is 0 Å². The van der Waals surface area contributed by atoms with Crippen molar-refractivity contribution in [2.75, 3.05) is 9.80 Å². The second-order valence-corrected chi connectivity index (χ2v) is 26.4. The van der Waals surface area contributed by atoms with E-state index in [2.05, 4.69) is 326 Å². The van der Waals surface area contributed by atoms with Crippen LogP contribution >= 0.6 is 31.9 Å². The van der Waals surface area contributed by atoms with Gasteiger partial charge in [0.25, 0.3) is 0 Å². The lowest BCUT2D eigenvalue weighted by atomic mass is 9.84. The van der Waals surface area contributed by atoms with E-state index in [9.17, 15) is 0 Å². The molecule has 0 N–H and O–H groups in total. The topological polar surface area (TPSA) is 6.48 Å². The summed E-state index contributed by atoms with van der Waals surface area (Å²) in [6.45, 7) is 13.8. The maximum absolute atomic E-state index is 3.65. The number of aryl methyl sites for hydroxylation is 6.